The molecular weight excluding hydrogens is 270 g/mol. The van der Waals surface area contributed by atoms with Gasteiger partial charge < -0.3 is 0 Å². The summed E-state index contributed by atoms with van der Waals surface area (Å²) in [6, 6.07) is 5.46. The number of anilines is 1. The van der Waals surface area contributed by atoms with E-state index in [4.69, 9.17) is 11.6 Å². The van der Waals surface area contributed by atoms with Crippen LogP contribution in [0, 0.1) is 0 Å². The van der Waals surface area contributed by atoms with Crippen LogP contribution < -0.4 is 4.90 Å². The standard InChI is InChI=1S/C12H12ClN3OS/c1-16(10-4-2-3-5-14-10)12(17)6-11-15-9(7-13)8-18-11/h2-5,8H,6-7H2,1H3. The van der Waals surface area contributed by atoms with E-state index in [1.54, 1.807) is 19.3 Å². The lowest BCUT2D eigenvalue weighted by Gasteiger charge is -2.14. The van der Waals surface area contributed by atoms with Crippen molar-refractivity contribution in [1.82, 2.24) is 9.97 Å². The Balaban J connectivity index is 2.04. The second kappa shape index (κ2) is 5.93. The van der Waals surface area contributed by atoms with Gasteiger partial charge in [-0.1, -0.05) is 6.07 Å². The van der Waals surface area contributed by atoms with E-state index < -0.39 is 0 Å². The van der Waals surface area contributed by atoms with E-state index in [1.807, 2.05) is 17.5 Å². The summed E-state index contributed by atoms with van der Waals surface area (Å²) in [5.74, 6) is 0.974. The lowest BCUT2D eigenvalue weighted by molar-refractivity contribution is -0.117. The first-order valence-corrected chi connectivity index (χ1v) is 6.79. The van der Waals surface area contributed by atoms with E-state index >= 15 is 0 Å². The van der Waals surface area contributed by atoms with Crippen LogP contribution in [0.25, 0.3) is 0 Å². The van der Waals surface area contributed by atoms with E-state index in [1.165, 1.54) is 16.2 Å². The normalized spacial score (nSPS) is 10.3. The molecule has 2 heterocycles. The highest BCUT2D eigenvalue weighted by molar-refractivity contribution is 7.09. The third-order valence-electron chi connectivity index (χ3n) is 2.41. The Morgan fingerprint density at radius 3 is 2.94 bits per heavy atom. The summed E-state index contributed by atoms with van der Waals surface area (Å²) >= 11 is 7.13. The van der Waals surface area contributed by atoms with Crippen molar-refractivity contribution in [3.63, 3.8) is 0 Å². The van der Waals surface area contributed by atoms with Gasteiger partial charge in [-0.15, -0.1) is 22.9 Å². The molecule has 0 radical (unpaired) electrons. The molecule has 0 unspecified atom stereocenters. The highest BCUT2D eigenvalue weighted by atomic mass is 35.5. The number of likely N-dealkylation sites (N-methyl/N-ethyl adjacent to an activating group) is 1. The first-order valence-electron chi connectivity index (χ1n) is 5.37. The Labute approximate surface area is 114 Å². The van der Waals surface area contributed by atoms with Crippen molar-refractivity contribution in [3.8, 4) is 0 Å². The Bertz CT molecular complexity index is 529. The van der Waals surface area contributed by atoms with E-state index in [2.05, 4.69) is 9.97 Å². The van der Waals surface area contributed by atoms with Gasteiger partial charge in [0.05, 0.1) is 18.0 Å². The number of carbonyl (C=O) groups is 1. The predicted molar refractivity (Wildman–Crippen MR) is 73.0 cm³/mol. The van der Waals surface area contributed by atoms with E-state index in [9.17, 15) is 4.79 Å². The number of aromatic nitrogens is 2. The summed E-state index contributed by atoms with van der Waals surface area (Å²) in [5.41, 5.74) is 0.810. The maximum absolute atomic E-state index is 12.0. The molecule has 1 amide bonds. The Hall–Kier alpha value is -1.46. The fourth-order valence-corrected chi connectivity index (χ4v) is 2.43. The summed E-state index contributed by atoms with van der Waals surface area (Å²) in [4.78, 5) is 22.0. The summed E-state index contributed by atoms with van der Waals surface area (Å²) in [7, 11) is 1.71. The van der Waals surface area contributed by atoms with E-state index in [-0.39, 0.29) is 12.3 Å². The summed E-state index contributed by atoms with van der Waals surface area (Å²) in [6.45, 7) is 0. The second-order valence-corrected chi connectivity index (χ2v) is 4.89. The number of nitrogens with zero attached hydrogens (tertiary/aromatic N) is 3. The number of carbonyl (C=O) groups excluding carboxylic acids is 1. The van der Waals surface area contributed by atoms with Crippen molar-refractivity contribution in [2.24, 2.45) is 0 Å². The van der Waals surface area contributed by atoms with Crippen LogP contribution in [0.1, 0.15) is 10.7 Å². The molecule has 0 aliphatic rings. The van der Waals surface area contributed by atoms with Crippen molar-refractivity contribution in [2.75, 3.05) is 11.9 Å². The first-order chi connectivity index (χ1) is 8.70. The lowest BCUT2D eigenvalue weighted by atomic mass is 10.3. The quantitative estimate of drug-likeness (QED) is 0.809. The van der Waals surface area contributed by atoms with Crippen LogP contribution >= 0.6 is 22.9 Å². The van der Waals surface area contributed by atoms with Gasteiger partial charge in [-0.3, -0.25) is 9.69 Å². The number of alkyl halides is 1. The van der Waals surface area contributed by atoms with Gasteiger partial charge in [-0.25, -0.2) is 9.97 Å². The minimum absolute atomic E-state index is 0.0378. The zero-order valence-electron chi connectivity index (χ0n) is 9.84. The molecule has 4 nitrogen and oxygen atoms in total. The minimum atomic E-state index is -0.0378. The third-order valence-corrected chi connectivity index (χ3v) is 3.58. The highest BCUT2D eigenvalue weighted by Crippen LogP contribution is 2.14. The van der Waals surface area contributed by atoms with E-state index in [0.29, 0.717) is 11.7 Å². The van der Waals surface area contributed by atoms with Gasteiger partial charge in [0.1, 0.15) is 10.8 Å². The second-order valence-electron chi connectivity index (χ2n) is 3.68. The van der Waals surface area contributed by atoms with Gasteiger partial charge in [0.15, 0.2) is 0 Å². The number of halogens is 1. The molecule has 0 bridgehead atoms. The fraction of sp³-hybridized carbons (Fsp3) is 0.250. The van der Waals surface area contributed by atoms with Crippen LogP contribution in [0.2, 0.25) is 0 Å². The van der Waals surface area contributed by atoms with Crippen LogP contribution in [-0.2, 0) is 17.1 Å². The molecule has 0 aliphatic heterocycles. The van der Waals surface area contributed by atoms with Gasteiger partial charge in [0, 0.05) is 18.6 Å². The van der Waals surface area contributed by atoms with Crippen LogP contribution in [0.4, 0.5) is 5.82 Å². The number of rotatable bonds is 4. The predicted octanol–water partition coefficient (Wildman–Crippen LogP) is 2.48. The number of hydrogen-bond acceptors (Lipinski definition) is 4. The Morgan fingerprint density at radius 2 is 2.33 bits per heavy atom. The average Bonchev–Trinajstić information content (AvgIpc) is 2.86. The van der Waals surface area contributed by atoms with Crippen molar-refractivity contribution in [3.05, 3.63) is 40.5 Å². The van der Waals surface area contributed by atoms with E-state index in [0.717, 1.165) is 10.7 Å². The summed E-state index contributed by atoms with van der Waals surface area (Å²) in [6.07, 6.45) is 1.93. The fourth-order valence-electron chi connectivity index (χ4n) is 1.42. The molecule has 0 fully saturated rings. The maximum atomic E-state index is 12.0. The van der Waals surface area contributed by atoms with Crippen LogP contribution in [0.3, 0.4) is 0 Å². The summed E-state index contributed by atoms with van der Waals surface area (Å²) < 4.78 is 0. The monoisotopic (exact) mass is 281 g/mol. The van der Waals surface area contributed by atoms with Gasteiger partial charge in [0.25, 0.3) is 0 Å². The van der Waals surface area contributed by atoms with Crippen LogP contribution in [0.5, 0.6) is 0 Å². The number of hydrogen-bond donors (Lipinski definition) is 0. The SMILES string of the molecule is CN(C(=O)Cc1nc(CCl)cs1)c1ccccn1. The van der Waals surface area contributed by atoms with Crippen molar-refractivity contribution >= 4 is 34.7 Å². The molecular formula is C12H12ClN3OS. The van der Waals surface area contributed by atoms with Gasteiger partial charge in [0.2, 0.25) is 5.91 Å². The molecule has 0 atom stereocenters. The average molecular weight is 282 g/mol. The zero-order chi connectivity index (χ0) is 13.0. The van der Waals surface area contributed by atoms with Crippen LogP contribution in [-0.4, -0.2) is 22.9 Å². The summed E-state index contributed by atoms with van der Waals surface area (Å²) in [5, 5.41) is 2.65. The molecule has 0 aliphatic carbocycles. The topological polar surface area (TPSA) is 46.1 Å². The molecule has 6 heteroatoms. The molecule has 94 valence electrons. The smallest absolute Gasteiger partial charge is 0.234 e. The van der Waals surface area contributed by atoms with Gasteiger partial charge in [-0.2, -0.15) is 0 Å². The Kier molecular flexibility index (Phi) is 4.28. The highest BCUT2D eigenvalue weighted by Gasteiger charge is 2.14. The molecule has 0 N–H and O–H groups in total. The van der Waals surface area contributed by atoms with Gasteiger partial charge >= 0.3 is 0 Å². The molecule has 2 aromatic rings. The third kappa shape index (κ3) is 3.05. The molecule has 2 aromatic heterocycles. The first kappa shape index (κ1) is 13.0. The molecule has 0 spiro atoms. The zero-order valence-corrected chi connectivity index (χ0v) is 11.4. The molecule has 0 saturated carbocycles. The van der Waals surface area contributed by atoms with Crippen molar-refractivity contribution in [2.45, 2.75) is 12.3 Å². The number of thiazole rings is 1. The number of amides is 1. The Morgan fingerprint density at radius 1 is 1.50 bits per heavy atom. The van der Waals surface area contributed by atoms with Gasteiger partial charge in [-0.05, 0) is 12.1 Å². The molecule has 18 heavy (non-hydrogen) atoms. The molecule has 0 aromatic carbocycles. The van der Waals surface area contributed by atoms with Crippen molar-refractivity contribution in [1.29, 1.82) is 0 Å². The minimum Gasteiger partial charge on any atom is -0.300 e. The van der Waals surface area contributed by atoms with Crippen molar-refractivity contribution < 1.29 is 4.79 Å². The largest absolute Gasteiger partial charge is 0.300 e. The molecule has 0 saturated heterocycles. The lowest BCUT2D eigenvalue weighted by Crippen LogP contribution is -2.28. The van der Waals surface area contributed by atoms with Crippen LogP contribution in [0.15, 0.2) is 29.8 Å². The maximum Gasteiger partial charge on any atom is 0.234 e. The molecule has 2 rings (SSSR count). The number of pyridine rings is 1.